The van der Waals surface area contributed by atoms with Crippen LogP contribution in [0.15, 0.2) is 24.3 Å². The van der Waals surface area contributed by atoms with Crippen molar-refractivity contribution in [2.75, 3.05) is 39.6 Å². The van der Waals surface area contributed by atoms with Crippen molar-refractivity contribution >= 4 is 23.9 Å². The molecule has 0 spiro atoms. The maximum Gasteiger partial charge on any atom is 0.408 e. The Hall–Kier alpha value is -3.22. The average molecular weight is 668 g/mol. The van der Waals surface area contributed by atoms with Crippen molar-refractivity contribution in [2.24, 2.45) is 17.6 Å². The molecule has 1 rings (SSSR count). The molecule has 0 fully saturated rings. The van der Waals surface area contributed by atoms with E-state index >= 15 is 0 Å². The summed E-state index contributed by atoms with van der Waals surface area (Å²) < 4.78 is 25.8. The van der Waals surface area contributed by atoms with Gasteiger partial charge >= 0.3 is 18.0 Å². The molecular weight excluding hydrogens is 606 g/mol. The molecule has 0 bridgehead atoms. The molecule has 0 saturated carbocycles. The predicted molar refractivity (Wildman–Crippen MR) is 182 cm³/mol. The highest BCUT2D eigenvalue weighted by atomic mass is 16.6. The fraction of sp³-hybridized carbons (Fsp3) is 0.714. The van der Waals surface area contributed by atoms with Crippen LogP contribution in [0.2, 0.25) is 0 Å². The van der Waals surface area contributed by atoms with E-state index in [1.807, 2.05) is 58.9 Å². The van der Waals surface area contributed by atoms with Gasteiger partial charge in [-0.3, -0.25) is 14.4 Å². The number of nitrogens with two attached hydrogens (primary N) is 1. The van der Waals surface area contributed by atoms with Gasteiger partial charge in [-0.05, 0) is 58.9 Å². The van der Waals surface area contributed by atoms with Gasteiger partial charge in [-0.25, -0.2) is 4.79 Å². The molecule has 0 aliphatic heterocycles. The molecule has 0 radical (unpaired) electrons. The van der Waals surface area contributed by atoms with Crippen LogP contribution in [-0.2, 0) is 44.5 Å². The van der Waals surface area contributed by atoms with Gasteiger partial charge in [0.05, 0.1) is 58.5 Å². The summed E-state index contributed by atoms with van der Waals surface area (Å²) in [6, 6.07) is 6.73. The minimum Gasteiger partial charge on any atom is -0.466 e. The van der Waals surface area contributed by atoms with Crippen LogP contribution in [0.5, 0.6) is 0 Å². The van der Waals surface area contributed by atoms with Gasteiger partial charge in [-0.2, -0.15) is 0 Å². The number of hydrogen-bond donors (Lipinski definition) is 3. The van der Waals surface area contributed by atoms with Crippen molar-refractivity contribution < 1.29 is 42.9 Å². The highest BCUT2D eigenvalue weighted by Crippen LogP contribution is 2.11. The molecule has 0 unspecified atom stereocenters. The minimum atomic E-state index is -0.816. The Morgan fingerprint density at radius 2 is 1.30 bits per heavy atom. The topological polar surface area (TPSA) is 165 Å². The highest BCUT2D eigenvalue weighted by molar-refractivity contribution is 5.86. The van der Waals surface area contributed by atoms with Crippen LogP contribution >= 0.6 is 0 Å². The number of carbonyl (C=O) groups excluding carboxylic acids is 4. The second kappa shape index (κ2) is 24.0. The molecule has 1 aromatic rings. The maximum absolute atomic E-state index is 13.1. The number of aryl methyl sites for hydroxylation is 1. The number of benzene rings is 1. The quantitative estimate of drug-likeness (QED) is 0.109. The van der Waals surface area contributed by atoms with E-state index in [0.717, 1.165) is 11.1 Å². The van der Waals surface area contributed by atoms with E-state index < -0.39 is 17.7 Å². The summed E-state index contributed by atoms with van der Waals surface area (Å²) in [7, 11) is 0. The SMILES string of the molecule is CCOC(=O)CCOC[C@@H](N)C(C)C.CCOC(=O)CCOC[C@@H](NC(=O)[C@@H](Cc1ccc(C)cc1)NC(=O)OC(C)(C)C)C(C)C. The van der Waals surface area contributed by atoms with Crippen molar-refractivity contribution in [2.45, 2.75) is 112 Å². The second-order valence-electron chi connectivity index (χ2n) is 12.9. The van der Waals surface area contributed by atoms with Gasteiger partial charge in [0.2, 0.25) is 5.91 Å². The lowest BCUT2D eigenvalue weighted by molar-refractivity contribution is -0.145. The summed E-state index contributed by atoms with van der Waals surface area (Å²) in [5.74, 6) is -0.377. The van der Waals surface area contributed by atoms with Crippen LogP contribution in [0.4, 0.5) is 4.79 Å². The number of rotatable bonds is 19. The molecule has 0 aliphatic rings. The van der Waals surface area contributed by atoms with E-state index in [1.54, 1.807) is 34.6 Å². The highest BCUT2D eigenvalue weighted by Gasteiger charge is 2.27. The van der Waals surface area contributed by atoms with Crippen LogP contribution in [0.3, 0.4) is 0 Å². The van der Waals surface area contributed by atoms with Gasteiger partial charge < -0.3 is 40.1 Å². The van der Waals surface area contributed by atoms with Crippen molar-refractivity contribution in [1.29, 1.82) is 0 Å². The predicted octanol–water partition coefficient (Wildman–Crippen LogP) is 4.48. The molecule has 1 aromatic carbocycles. The third kappa shape index (κ3) is 22.9. The third-order valence-electron chi connectivity index (χ3n) is 6.68. The molecule has 2 amide bonds. The zero-order valence-electron chi connectivity index (χ0n) is 30.3. The van der Waals surface area contributed by atoms with Crippen LogP contribution in [0, 0.1) is 18.8 Å². The Morgan fingerprint density at radius 1 is 0.787 bits per heavy atom. The van der Waals surface area contributed by atoms with Crippen LogP contribution in [-0.4, -0.2) is 87.3 Å². The van der Waals surface area contributed by atoms with Gasteiger partial charge in [-0.1, -0.05) is 57.5 Å². The monoisotopic (exact) mass is 667 g/mol. The fourth-order valence-corrected chi connectivity index (χ4v) is 3.70. The van der Waals surface area contributed by atoms with Crippen molar-refractivity contribution in [3.8, 4) is 0 Å². The number of nitrogens with one attached hydrogen (secondary N) is 2. The van der Waals surface area contributed by atoms with Crippen LogP contribution in [0.1, 0.15) is 86.3 Å². The minimum absolute atomic E-state index is 0.0391. The van der Waals surface area contributed by atoms with Gasteiger partial charge in [0.1, 0.15) is 11.6 Å². The van der Waals surface area contributed by atoms with E-state index in [2.05, 4.69) is 10.6 Å². The summed E-state index contributed by atoms with van der Waals surface area (Å²) in [6.45, 7) is 20.9. The first kappa shape index (κ1) is 43.8. The second-order valence-corrected chi connectivity index (χ2v) is 12.9. The normalized spacial score (nSPS) is 13.1. The van der Waals surface area contributed by atoms with Crippen LogP contribution < -0.4 is 16.4 Å². The first-order valence-corrected chi connectivity index (χ1v) is 16.6. The van der Waals surface area contributed by atoms with E-state index in [0.29, 0.717) is 45.2 Å². The van der Waals surface area contributed by atoms with Gasteiger partial charge in [0, 0.05) is 12.5 Å². The largest absolute Gasteiger partial charge is 0.466 e. The van der Waals surface area contributed by atoms with Crippen molar-refractivity contribution in [3.05, 3.63) is 35.4 Å². The third-order valence-corrected chi connectivity index (χ3v) is 6.68. The lowest BCUT2D eigenvalue weighted by Gasteiger charge is -2.27. The molecule has 47 heavy (non-hydrogen) atoms. The first-order chi connectivity index (χ1) is 22.0. The van der Waals surface area contributed by atoms with Gasteiger partial charge in [0.25, 0.3) is 0 Å². The molecule has 12 heteroatoms. The maximum atomic E-state index is 13.1. The van der Waals surface area contributed by atoms with E-state index in [-0.39, 0.29) is 55.5 Å². The zero-order chi connectivity index (χ0) is 36.0. The van der Waals surface area contributed by atoms with Crippen molar-refractivity contribution in [1.82, 2.24) is 10.6 Å². The molecule has 0 saturated heterocycles. The Labute approximate surface area is 282 Å². The lowest BCUT2D eigenvalue weighted by atomic mass is 10.0. The number of esters is 2. The molecule has 270 valence electrons. The number of alkyl carbamates (subject to hydrolysis) is 1. The average Bonchev–Trinajstić information content (AvgIpc) is 2.97. The summed E-state index contributed by atoms with van der Waals surface area (Å²) in [5, 5.41) is 5.68. The first-order valence-electron chi connectivity index (χ1n) is 16.6. The molecule has 4 N–H and O–H groups in total. The summed E-state index contributed by atoms with van der Waals surface area (Å²) in [5.41, 5.74) is 7.10. The van der Waals surface area contributed by atoms with E-state index in [1.165, 1.54) is 0 Å². The zero-order valence-corrected chi connectivity index (χ0v) is 30.3. The molecule has 3 atom stereocenters. The molecule has 12 nitrogen and oxygen atoms in total. The van der Waals surface area contributed by atoms with Crippen molar-refractivity contribution in [3.63, 3.8) is 0 Å². The number of hydrogen-bond acceptors (Lipinski definition) is 10. The number of carbonyl (C=O) groups is 4. The van der Waals surface area contributed by atoms with E-state index in [4.69, 9.17) is 29.4 Å². The Kier molecular flexibility index (Phi) is 22.4. The lowest BCUT2D eigenvalue weighted by Crippen LogP contribution is -2.53. The molecule has 0 heterocycles. The molecule has 0 aliphatic carbocycles. The standard InChI is InChI=1S/C25H40N2O6.C10H21NO3/c1-8-32-22(28)13-14-31-16-21(17(2)3)26-23(29)20(27-24(30)33-25(5,6)7)15-19-11-9-18(4)10-12-19;1-4-14-10(12)5-6-13-7-9(11)8(2)3/h9-12,17,20-21H,8,13-16H2,1-7H3,(H,26,29)(H,27,30);8-9H,4-7,11H2,1-3H3/t20-,21-;9-/m11/s1. The Balaban J connectivity index is 0.00000127. The number of ether oxygens (including phenoxy) is 5. The Morgan fingerprint density at radius 3 is 1.74 bits per heavy atom. The van der Waals surface area contributed by atoms with Gasteiger partial charge in [0.15, 0.2) is 0 Å². The van der Waals surface area contributed by atoms with Gasteiger partial charge in [-0.15, -0.1) is 0 Å². The Bertz CT molecular complexity index is 1040. The smallest absolute Gasteiger partial charge is 0.408 e. The summed E-state index contributed by atoms with van der Waals surface area (Å²) in [4.78, 5) is 47.9. The molecular formula is C35H61N3O9. The number of amides is 2. The summed E-state index contributed by atoms with van der Waals surface area (Å²) >= 11 is 0. The molecule has 0 aromatic heterocycles. The van der Waals surface area contributed by atoms with Crippen LogP contribution in [0.25, 0.3) is 0 Å². The van der Waals surface area contributed by atoms with E-state index in [9.17, 15) is 19.2 Å². The summed E-state index contributed by atoms with van der Waals surface area (Å²) in [6.07, 6.45) is 0.128. The fourth-order valence-electron chi connectivity index (χ4n) is 3.70.